The molecular weight excluding hydrogens is 498 g/mol. The molecule has 10 heteroatoms. The number of ketones is 1. The first-order valence-corrected chi connectivity index (χ1v) is 12.2. The second-order valence-electron chi connectivity index (χ2n) is 7.47. The van der Waals surface area contributed by atoms with Crippen LogP contribution in [0.1, 0.15) is 19.3 Å². The molecule has 2 heterocycles. The van der Waals surface area contributed by atoms with Gasteiger partial charge in [0.1, 0.15) is 6.61 Å². The average Bonchev–Trinajstić information content (AvgIpc) is 2.79. The number of carbonyl (C=O) groups is 2. The Balaban J connectivity index is 1.80. The predicted molar refractivity (Wildman–Crippen MR) is 127 cm³/mol. The van der Waals surface area contributed by atoms with E-state index in [0.717, 1.165) is 22.2 Å². The van der Waals surface area contributed by atoms with Crippen LogP contribution in [0.4, 0.5) is 4.79 Å². The molecule has 172 valence electrons. The van der Waals surface area contributed by atoms with Gasteiger partial charge in [0.05, 0.1) is 35.9 Å². The number of likely N-dealkylation sites (tertiary alicyclic amines) is 1. The van der Waals surface area contributed by atoms with E-state index in [4.69, 9.17) is 9.47 Å². The lowest BCUT2D eigenvalue weighted by molar-refractivity contribution is -0.122. The van der Waals surface area contributed by atoms with E-state index in [9.17, 15) is 14.4 Å². The van der Waals surface area contributed by atoms with Gasteiger partial charge in [-0.2, -0.15) is 0 Å². The maximum absolute atomic E-state index is 13.0. The smallest absolute Gasteiger partial charge is 0.410 e. The first kappa shape index (κ1) is 24.5. The lowest BCUT2D eigenvalue weighted by Gasteiger charge is -2.39. The fourth-order valence-corrected chi connectivity index (χ4v) is 5.20. The Morgan fingerprint density at radius 1 is 1.41 bits per heavy atom. The van der Waals surface area contributed by atoms with Gasteiger partial charge in [0.15, 0.2) is 5.78 Å². The zero-order chi connectivity index (χ0) is 23.3. The van der Waals surface area contributed by atoms with Gasteiger partial charge in [-0.05, 0) is 47.2 Å². The minimum absolute atomic E-state index is 0.0581. The molecule has 0 N–H and O–H groups in total. The van der Waals surface area contributed by atoms with E-state index in [0.29, 0.717) is 17.4 Å². The molecule has 1 saturated heterocycles. The highest BCUT2D eigenvalue weighted by atomic mass is 79.9. The van der Waals surface area contributed by atoms with Gasteiger partial charge in [0, 0.05) is 29.4 Å². The topological polar surface area (TPSA) is 90.7 Å². The van der Waals surface area contributed by atoms with Gasteiger partial charge >= 0.3 is 6.09 Å². The van der Waals surface area contributed by atoms with Gasteiger partial charge in [-0.3, -0.25) is 14.2 Å². The van der Waals surface area contributed by atoms with Gasteiger partial charge in [-0.25, -0.2) is 9.78 Å². The number of fused-ring (bicyclic) bond motifs is 1. The average molecular weight is 524 g/mol. The summed E-state index contributed by atoms with van der Waals surface area (Å²) in [7, 11) is 1.57. The van der Waals surface area contributed by atoms with Crippen LogP contribution in [0.3, 0.4) is 0 Å². The molecule has 1 aromatic heterocycles. The molecule has 1 aliphatic heterocycles. The van der Waals surface area contributed by atoms with E-state index in [1.165, 1.54) is 28.7 Å². The van der Waals surface area contributed by atoms with Crippen molar-refractivity contribution in [3.05, 3.63) is 45.9 Å². The number of rotatable bonds is 8. The van der Waals surface area contributed by atoms with Crippen molar-refractivity contribution in [2.24, 2.45) is 0 Å². The number of aromatic nitrogens is 2. The largest absolute Gasteiger partial charge is 0.445 e. The molecule has 8 nitrogen and oxygen atoms in total. The number of methoxy groups -OCH3 is 1. The normalized spacial score (nSPS) is 18.5. The molecule has 32 heavy (non-hydrogen) atoms. The summed E-state index contributed by atoms with van der Waals surface area (Å²) in [6, 6.07) is 3.12. The number of hydrogen-bond donors (Lipinski definition) is 0. The Labute approximate surface area is 199 Å². The van der Waals surface area contributed by atoms with Crippen molar-refractivity contribution in [2.75, 3.05) is 26.5 Å². The van der Waals surface area contributed by atoms with Crippen molar-refractivity contribution >= 4 is 50.5 Å². The molecule has 2 atom stereocenters. The van der Waals surface area contributed by atoms with Crippen molar-refractivity contribution in [3.8, 4) is 0 Å². The van der Waals surface area contributed by atoms with Crippen LogP contribution in [0, 0.1) is 0 Å². The van der Waals surface area contributed by atoms with Crippen molar-refractivity contribution in [1.82, 2.24) is 14.5 Å². The number of hydrogen-bond acceptors (Lipinski definition) is 7. The summed E-state index contributed by atoms with van der Waals surface area (Å²) >= 11 is 4.99. The van der Waals surface area contributed by atoms with Crippen LogP contribution >= 0.6 is 27.7 Å². The molecule has 0 saturated carbocycles. The van der Waals surface area contributed by atoms with Crippen LogP contribution < -0.4 is 5.56 Å². The molecule has 0 radical (unpaired) electrons. The van der Waals surface area contributed by atoms with E-state index in [-0.39, 0.29) is 37.0 Å². The molecule has 1 aromatic carbocycles. The molecule has 1 aliphatic rings. The van der Waals surface area contributed by atoms with Gasteiger partial charge in [-0.1, -0.05) is 12.7 Å². The summed E-state index contributed by atoms with van der Waals surface area (Å²) in [6.07, 6.45) is 5.59. The highest BCUT2D eigenvalue weighted by Crippen LogP contribution is 2.28. The third-order valence-corrected chi connectivity index (χ3v) is 7.16. The lowest BCUT2D eigenvalue weighted by atomic mass is 9.94. The predicted octanol–water partition coefficient (Wildman–Crippen LogP) is 3.64. The minimum atomic E-state index is -0.496. The second kappa shape index (κ2) is 11.1. The van der Waals surface area contributed by atoms with Gasteiger partial charge in [-0.15, -0.1) is 11.8 Å². The summed E-state index contributed by atoms with van der Waals surface area (Å²) in [6.45, 7) is 4.00. The van der Waals surface area contributed by atoms with Crippen molar-refractivity contribution in [3.63, 3.8) is 0 Å². The Morgan fingerprint density at radius 3 is 2.88 bits per heavy atom. The Morgan fingerprint density at radius 2 is 2.19 bits per heavy atom. The van der Waals surface area contributed by atoms with Gasteiger partial charge < -0.3 is 14.4 Å². The molecule has 2 aromatic rings. The van der Waals surface area contributed by atoms with Crippen LogP contribution in [0.2, 0.25) is 0 Å². The number of benzene rings is 1. The highest BCUT2D eigenvalue weighted by Gasteiger charge is 2.36. The third kappa shape index (κ3) is 5.41. The summed E-state index contributed by atoms with van der Waals surface area (Å²) in [5.74, 6) is -0.189. The quantitative estimate of drug-likeness (QED) is 0.385. The summed E-state index contributed by atoms with van der Waals surface area (Å²) < 4.78 is 12.9. The van der Waals surface area contributed by atoms with Gasteiger partial charge in [0.2, 0.25) is 0 Å². The van der Waals surface area contributed by atoms with E-state index in [1.54, 1.807) is 24.1 Å². The fraction of sp³-hybridized carbons (Fsp3) is 0.455. The van der Waals surface area contributed by atoms with E-state index >= 15 is 0 Å². The third-order valence-electron chi connectivity index (χ3n) is 5.46. The number of piperidine rings is 1. The zero-order valence-corrected chi connectivity index (χ0v) is 20.5. The fourth-order valence-electron chi connectivity index (χ4n) is 3.90. The molecule has 3 rings (SSSR count). The number of Topliss-reactive ketones (excluding diaryl/α,β-unsaturated/α-hetero) is 1. The van der Waals surface area contributed by atoms with Crippen LogP contribution in [-0.2, 0) is 20.8 Å². The zero-order valence-electron chi connectivity index (χ0n) is 18.1. The summed E-state index contributed by atoms with van der Waals surface area (Å²) in [5.41, 5.74) is 0.284. The second-order valence-corrected chi connectivity index (χ2v) is 9.17. The molecule has 2 unspecified atom stereocenters. The van der Waals surface area contributed by atoms with Crippen LogP contribution in [0.15, 0.2) is 45.3 Å². The molecule has 1 amide bonds. The Bertz CT molecular complexity index is 1070. The molecule has 0 spiro atoms. The number of halogens is 1. The highest BCUT2D eigenvalue weighted by molar-refractivity contribution is 9.10. The molecule has 0 aliphatic carbocycles. The number of amides is 1. The standard InChI is InChI=1S/C22H26BrN3O5S/c1-4-8-31-22(29)26-7-5-6-19(30-2)18(26)9-14(27)12-25-13-24-17-11-16(23)20(32-3)10-15(17)21(25)28/h4,10-11,13,18-19H,1,5-9,12H2,2-3H3. The first-order valence-electron chi connectivity index (χ1n) is 10.2. The Hall–Kier alpha value is -2.17. The van der Waals surface area contributed by atoms with E-state index < -0.39 is 12.1 Å². The summed E-state index contributed by atoms with van der Waals surface area (Å²) in [5, 5.41) is 0.454. The SMILES string of the molecule is C=CCOC(=O)N1CCCC(OC)C1CC(=O)Cn1cnc2cc(Br)c(SC)cc2c1=O. The van der Waals surface area contributed by atoms with E-state index in [2.05, 4.69) is 27.5 Å². The molecule has 0 bridgehead atoms. The van der Waals surface area contributed by atoms with Crippen LogP contribution in [-0.4, -0.2) is 65.0 Å². The minimum Gasteiger partial charge on any atom is -0.445 e. The number of thioether (sulfide) groups is 1. The number of nitrogens with zero attached hydrogens (tertiary/aromatic N) is 3. The maximum atomic E-state index is 13.0. The summed E-state index contributed by atoms with van der Waals surface area (Å²) in [4.78, 5) is 45.2. The van der Waals surface area contributed by atoms with Crippen molar-refractivity contribution in [1.29, 1.82) is 0 Å². The number of ether oxygens (including phenoxy) is 2. The van der Waals surface area contributed by atoms with Gasteiger partial charge in [0.25, 0.3) is 5.56 Å². The lowest BCUT2D eigenvalue weighted by Crippen LogP contribution is -2.53. The van der Waals surface area contributed by atoms with Crippen LogP contribution in [0.5, 0.6) is 0 Å². The molecule has 1 fully saturated rings. The molecular formula is C22H26BrN3O5S. The maximum Gasteiger partial charge on any atom is 0.410 e. The monoisotopic (exact) mass is 523 g/mol. The Kier molecular flexibility index (Phi) is 8.50. The first-order chi connectivity index (χ1) is 15.4. The van der Waals surface area contributed by atoms with Crippen molar-refractivity contribution < 1.29 is 19.1 Å². The van der Waals surface area contributed by atoms with Crippen LogP contribution in [0.25, 0.3) is 10.9 Å². The van der Waals surface area contributed by atoms with E-state index in [1.807, 2.05) is 6.26 Å². The van der Waals surface area contributed by atoms with Crippen molar-refractivity contribution in [2.45, 2.75) is 42.8 Å². The number of carbonyl (C=O) groups excluding carboxylic acids is 2.